The van der Waals surface area contributed by atoms with E-state index < -0.39 is 45.9 Å². The predicted molar refractivity (Wildman–Crippen MR) is 78.4 cm³/mol. The number of halogens is 4. The molecule has 1 fully saturated rings. The Hall–Kier alpha value is -2.09. The highest BCUT2D eigenvalue weighted by atomic mass is 35.5. The average molecular weight is 364 g/mol. The number of nitrogens with one attached hydrogen (secondary N) is 1. The third-order valence-corrected chi connectivity index (χ3v) is 3.67. The first-order valence-electron chi connectivity index (χ1n) is 6.84. The first-order chi connectivity index (χ1) is 10.9. The van der Waals surface area contributed by atoms with Crippen LogP contribution in [0, 0.1) is 5.92 Å². The van der Waals surface area contributed by atoms with Crippen molar-refractivity contribution in [3.63, 3.8) is 0 Å². The minimum atomic E-state index is -4.71. The first-order valence-corrected chi connectivity index (χ1v) is 7.22. The van der Waals surface area contributed by atoms with Crippen LogP contribution in [-0.4, -0.2) is 23.3 Å². The minimum Gasteiger partial charge on any atom is -0.458 e. The highest BCUT2D eigenvalue weighted by Gasteiger charge is 2.45. The molecule has 1 N–H and O–H groups in total. The van der Waals surface area contributed by atoms with Gasteiger partial charge < -0.3 is 10.1 Å². The lowest BCUT2D eigenvalue weighted by Gasteiger charge is -2.32. The van der Waals surface area contributed by atoms with Crippen LogP contribution in [0.3, 0.4) is 0 Å². The minimum absolute atomic E-state index is 0.161. The Balaban J connectivity index is 2.21. The van der Waals surface area contributed by atoms with Gasteiger partial charge in [0, 0.05) is 12.1 Å². The van der Waals surface area contributed by atoms with E-state index in [9.17, 15) is 27.6 Å². The molecule has 1 amide bonds. The average Bonchev–Trinajstić information content (AvgIpc) is 2.37. The molecule has 0 radical (unpaired) electrons. The lowest BCUT2D eigenvalue weighted by Crippen LogP contribution is -2.48. The van der Waals surface area contributed by atoms with Crippen LogP contribution in [-0.2, 0) is 25.3 Å². The van der Waals surface area contributed by atoms with Crippen molar-refractivity contribution in [3.05, 3.63) is 28.8 Å². The maximum atomic E-state index is 12.8. The Morgan fingerprint density at radius 1 is 1.33 bits per heavy atom. The van der Waals surface area contributed by atoms with Crippen LogP contribution in [0.4, 0.5) is 18.9 Å². The number of ether oxygens (including phenoxy) is 1. The van der Waals surface area contributed by atoms with Crippen molar-refractivity contribution < 1.29 is 32.3 Å². The number of carbonyl (C=O) groups is 3. The second-order valence-electron chi connectivity index (χ2n) is 5.94. The van der Waals surface area contributed by atoms with E-state index in [0.29, 0.717) is 6.07 Å². The number of esters is 1. The quantitative estimate of drug-likeness (QED) is 0.647. The molecule has 1 heterocycles. The Morgan fingerprint density at radius 3 is 2.50 bits per heavy atom. The molecule has 2 rings (SSSR count). The second kappa shape index (κ2) is 6.08. The van der Waals surface area contributed by atoms with Crippen molar-refractivity contribution in [2.45, 2.75) is 32.0 Å². The number of amides is 1. The molecule has 9 heteroatoms. The van der Waals surface area contributed by atoms with Gasteiger partial charge in [0.2, 0.25) is 5.91 Å². The monoisotopic (exact) mass is 363 g/mol. The normalized spacial score (nSPS) is 20.5. The maximum absolute atomic E-state index is 12.8. The number of cyclic esters (lactones) is 1. The molecule has 0 bridgehead atoms. The topological polar surface area (TPSA) is 72.5 Å². The van der Waals surface area contributed by atoms with Crippen LogP contribution in [0.25, 0.3) is 0 Å². The zero-order valence-electron chi connectivity index (χ0n) is 12.7. The lowest BCUT2D eigenvalue weighted by molar-refractivity contribution is -0.174. The third-order valence-electron chi connectivity index (χ3n) is 3.34. The number of anilines is 1. The highest BCUT2D eigenvalue weighted by molar-refractivity contribution is 6.31. The summed E-state index contributed by atoms with van der Waals surface area (Å²) in [5.74, 6) is -4.43. The van der Waals surface area contributed by atoms with E-state index in [-0.39, 0.29) is 12.1 Å². The van der Waals surface area contributed by atoms with E-state index in [0.717, 1.165) is 12.1 Å². The fourth-order valence-corrected chi connectivity index (χ4v) is 2.53. The third kappa shape index (κ3) is 3.87. The summed E-state index contributed by atoms with van der Waals surface area (Å²) in [7, 11) is 0. The van der Waals surface area contributed by atoms with E-state index in [1.165, 1.54) is 13.8 Å². The summed E-state index contributed by atoms with van der Waals surface area (Å²) in [6.45, 7) is 3.04. The first kappa shape index (κ1) is 18.3. The van der Waals surface area contributed by atoms with Crippen LogP contribution < -0.4 is 5.32 Å². The Kier molecular flexibility index (Phi) is 4.63. The number of rotatable bonds is 2. The van der Waals surface area contributed by atoms with Gasteiger partial charge >= 0.3 is 12.1 Å². The van der Waals surface area contributed by atoms with E-state index in [4.69, 9.17) is 16.3 Å². The molecular formula is C15H13ClF3NO4. The number of ketones is 1. The molecule has 24 heavy (non-hydrogen) atoms. The smallest absolute Gasteiger partial charge is 0.417 e. The summed E-state index contributed by atoms with van der Waals surface area (Å²) in [4.78, 5) is 35.9. The van der Waals surface area contributed by atoms with Crippen LogP contribution in [0.1, 0.15) is 25.8 Å². The summed E-state index contributed by atoms with van der Waals surface area (Å²) in [5.41, 5.74) is -2.39. The summed E-state index contributed by atoms with van der Waals surface area (Å²) in [6, 6.07) is 2.73. The zero-order valence-corrected chi connectivity index (χ0v) is 13.4. The predicted octanol–water partition coefficient (Wildman–Crippen LogP) is 3.21. The molecule has 1 atom stereocenters. The molecule has 130 valence electrons. The van der Waals surface area contributed by atoms with Crippen molar-refractivity contribution in [1.82, 2.24) is 0 Å². The molecule has 1 unspecified atom stereocenters. The lowest BCUT2D eigenvalue weighted by atomic mass is 9.89. The van der Waals surface area contributed by atoms with Gasteiger partial charge in [0.1, 0.15) is 5.60 Å². The van der Waals surface area contributed by atoms with E-state index in [1.807, 2.05) is 0 Å². The fraction of sp³-hybridized carbons (Fsp3) is 0.400. The number of alkyl halides is 3. The van der Waals surface area contributed by atoms with Gasteiger partial charge in [-0.25, -0.2) is 0 Å². The number of benzene rings is 1. The highest BCUT2D eigenvalue weighted by Crippen LogP contribution is 2.36. The van der Waals surface area contributed by atoms with Gasteiger partial charge in [-0.1, -0.05) is 11.6 Å². The standard InChI is InChI=1S/C15H13ClF3NO4/c1-14(2)6-10(21)11(13(23)24-14)12(22)20-7-3-4-9(16)8(5-7)15(17,18)19/h3-5,11H,6H2,1-2H3,(H,20,22). The van der Waals surface area contributed by atoms with Crippen LogP contribution in [0.15, 0.2) is 18.2 Å². The summed E-state index contributed by atoms with van der Waals surface area (Å²) >= 11 is 5.48. The van der Waals surface area contributed by atoms with Crippen LogP contribution in [0.5, 0.6) is 0 Å². The zero-order chi connectivity index (χ0) is 18.3. The largest absolute Gasteiger partial charge is 0.458 e. The van der Waals surface area contributed by atoms with Crippen LogP contribution in [0.2, 0.25) is 5.02 Å². The molecule has 1 aromatic rings. The van der Waals surface area contributed by atoms with Crippen LogP contribution >= 0.6 is 11.6 Å². The molecule has 0 spiro atoms. The molecule has 5 nitrogen and oxygen atoms in total. The van der Waals surface area contributed by atoms with Gasteiger partial charge in [0.15, 0.2) is 11.7 Å². The molecule has 1 aromatic carbocycles. The molecule has 0 saturated carbocycles. The molecule has 1 aliphatic heterocycles. The van der Waals surface area contributed by atoms with E-state index in [1.54, 1.807) is 0 Å². The second-order valence-corrected chi connectivity index (χ2v) is 6.35. The molecule has 0 aliphatic carbocycles. The van der Waals surface area contributed by atoms with Gasteiger partial charge in [0.25, 0.3) is 0 Å². The van der Waals surface area contributed by atoms with Gasteiger partial charge in [0.05, 0.1) is 10.6 Å². The number of hydrogen-bond acceptors (Lipinski definition) is 4. The number of hydrogen-bond donors (Lipinski definition) is 1. The Labute approximate surface area is 140 Å². The molecule has 0 aromatic heterocycles. The summed E-state index contributed by atoms with van der Waals surface area (Å²) in [5, 5.41) is 1.59. The van der Waals surface area contributed by atoms with Gasteiger partial charge in [-0.15, -0.1) is 0 Å². The van der Waals surface area contributed by atoms with E-state index >= 15 is 0 Å². The molecular weight excluding hydrogens is 351 g/mol. The van der Waals surface area contributed by atoms with Crippen molar-refractivity contribution >= 4 is 34.9 Å². The Bertz CT molecular complexity index is 695. The van der Waals surface area contributed by atoms with Gasteiger partial charge in [-0.2, -0.15) is 13.2 Å². The van der Waals surface area contributed by atoms with E-state index in [2.05, 4.69) is 5.32 Å². The number of carbonyl (C=O) groups excluding carboxylic acids is 3. The summed E-state index contributed by atoms with van der Waals surface area (Å²) < 4.78 is 43.4. The molecule has 1 aliphatic rings. The van der Waals surface area contributed by atoms with Crippen molar-refractivity contribution in [3.8, 4) is 0 Å². The number of Topliss-reactive ketones (excluding diaryl/α,β-unsaturated/α-hetero) is 1. The fourth-order valence-electron chi connectivity index (χ4n) is 2.31. The van der Waals surface area contributed by atoms with Crippen molar-refractivity contribution in [1.29, 1.82) is 0 Å². The Morgan fingerprint density at radius 2 is 1.96 bits per heavy atom. The molecule has 1 saturated heterocycles. The maximum Gasteiger partial charge on any atom is 0.417 e. The van der Waals surface area contributed by atoms with Crippen molar-refractivity contribution in [2.75, 3.05) is 5.32 Å². The summed E-state index contributed by atoms with van der Waals surface area (Å²) in [6.07, 6.45) is -4.87. The SMILES string of the molecule is CC1(C)CC(=O)C(C(=O)Nc2ccc(Cl)c(C(F)(F)F)c2)C(=O)O1. The van der Waals surface area contributed by atoms with Gasteiger partial charge in [-0.05, 0) is 32.0 Å². The van der Waals surface area contributed by atoms with Crippen molar-refractivity contribution in [2.24, 2.45) is 5.92 Å². The van der Waals surface area contributed by atoms with Gasteiger partial charge in [-0.3, -0.25) is 14.4 Å².